The highest BCUT2D eigenvalue weighted by atomic mass is 16.3. The summed E-state index contributed by atoms with van der Waals surface area (Å²) in [5.74, 6) is -0.684. The number of fused-ring (bicyclic) bond motifs is 1. The lowest BCUT2D eigenvalue weighted by molar-refractivity contribution is -0.121. The monoisotopic (exact) mass is 262 g/mol. The fraction of sp³-hybridized carbons (Fsp3) is 0.231. The number of benzene rings is 1. The SMILES string of the molecule is NC(=O)CC(O)C(O)c1ccc2c(C=O)c[nH]c2c1. The minimum Gasteiger partial charge on any atom is -0.390 e. The van der Waals surface area contributed by atoms with Crippen molar-refractivity contribution in [2.24, 2.45) is 5.73 Å². The van der Waals surface area contributed by atoms with Gasteiger partial charge in [-0.25, -0.2) is 0 Å². The van der Waals surface area contributed by atoms with E-state index in [1.165, 1.54) is 0 Å². The van der Waals surface area contributed by atoms with E-state index in [2.05, 4.69) is 4.98 Å². The fourth-order valence-electron chi connectivity index (χ4n) is 1.99. The Bertz CT molecular complexity index is 620. The predicted molar refractivity (Wildman–Crippen MR) is 68.5 cm³/mol. The van der Waals surface area contributed by atoms with E-state index < -0.39 is 18.1 Å². The number of nitrogens with one attached hydrogen (secondary N) is 1. The van der Waals surface area contributed by atoms with Crippen LogP contribution in [-0.4, -0.2) is 33.5 Å². The maximum atomic E-state index is 10.8. The van der Waals surface area contributed by atoms with Gasteiger partial charge in [-0.2, -0.15) is 0 Å². The van der Waals surface area contributed by atoms with Crippen molar-refractivity contribution in [2.45, 2.75) is 18.6 Å². The molecule has 2 aromatic rings. The van der Waals surface area contributed by atoms with Gasteiger partial charge in [0.25, 0.3) is 0 Å². The summed E-state index contributed by atoms with van der Waals surface area (Å²) in [6.07, 6.45) is -0.482. The lowest BCUT2D eigenvalue weighted by Crippen LogP contribution is -2.25. The number of H-pyrrole nitrogens is 1. The number of carbonyl (C=O) groups excluding carboxylic acids is 2. The van der Waals surface area contributed by atoms with E-state index in [4.69, 9.17) is 5.73 Å². The zero-order valence-electron chi connectivity index (χ0n) is 10.0. The summed E-state index contributed by atoms with van der Waals surface area (Å²) in [6, 6.07) is 4.89. The van der Waals surface area contributed by atoms with Crippen LogP contribution in [0.3, 0.4) is 0 Å². The molecule has 1 heterocycles. The van der Waals surface area contributed by atoms with Crippen LogP contribution in [0.15, 0.2) is 24.4 Å². The van der Waals surface area contributed by atoms with E-state index >= 15 is 0 Å². The van der Waals surface area contributed by atoms with Gasteiger partial charge in [0, 0.05) is 22.7 Å². The Morgan fingerprint density at radius 3 is 2.79 bits per heavy atom. The van der Waals surface area contributed by atoms with Crippen LogP contribution < -0.4 is 5.73 Å². The van der Waals surface area contributed by atoms with Gasteiger partial charge in [-0.05, 0) is 11.6 Å². The van der Waals surface area contributed by atoms with Crippen molar-refractivity contribution < 1.29 is 19.8 Å². The molecule has 100 valence electrons. The predicted octanol–water partition coefficient (Wildman–Crippen LogP) is 0.250. The minimum absolute atomic E-state index is 0.316. The van der Waals surface area contributed by atoms with Crippen molar-refractivity contribution in [1.29, 1.82) is 0 Å². The molecule has 0 spiro atoms. The molecule has 1 aromatic carbocycles. The van der Waals surface area contributed by atoms with Crippen LogP contribution in [-0.2, 0) is 4.79 Å². The van der Waals surface area contributed by atoms with Gasteiger partial charge in [-0.3, -0.25) is 9.59 Å². The summed E-state index contributed by atoms with van der Waals surface area (Å²) in [5, 5.41) is 20.3. The molecule has 0 saturated carbocycles. The molecule has 0 aliphatic carbocycles. The molecule has 2 unspecified atom stereocenters. The van der Waals surface area contributed by atoms with Crippen LogP contribution in [0.2, 0.25) is 0 Å². The Balaban J connectivity index is 2.30. The van der Waals surface area contributed by atoms with Crippen molar-refractivity contribution in [1.82, 2.24) is 4.98 Å². The largest absolute Gasteiger partial charge is 0.390 e. The number of hydrogen-bond acceptors (Lipinski definition) is 4. The third-order valence-corrected chi connectivity index (χ3v) is 2.98. The molecular weight excluding hydrogens is 248 g/mol. The third kappa shape index (κ3) is 2.64. The van der Waals surface area contributed by atoms with Crippen molar-refractivity contribution in [3.63, 3.8) is 0 Å². The van der Waals surface area contributed by atoms with Crippen LogP contribution in [0.25, 0.3) is 10.9 Å². The first-order chi connectivity index (χ1) is 9.02. The van der Waals surface area contributed by atoms with Gasteiger partial charge in [0.2, 0.25) is 5.91 Å². The molecule has 1 aromatic heterocycles. The van der Waals surface area contributed by atoms with Crippen molar-refractivity contribution in [2.75, 3.05) is 0 Å². The summed E-state index contributed by atoms with van der Waals surface area (Å²) in [4.78, 5) is 24.4. The summed E-state index contributed by atoms with van der Waals surface area (Å²) in [6.45, 7) is 0. The molecule has 2 atom stereocenters. The highest BCUT2D eigenvalue weighted by molar-refractivity contribution is 5.97. The van der Waals surface area contributed by atoms with E-state index in [1.807, 2.05) is 0 Å². The highest BCUT2D eigenvalue weighted by Gasteiger charge is 2.20. The summed E-state index contributed by atoms with van der Waals surface area (Å²) < 4.78 is 0. The van der Waals surface area contributed by atoms with Gasteiger partial charge in [-0.15, -0.1) is 0 Å². The maximum Gasteiger partial charge on any atom is 0.220 e. The number of primary amides is 1. The first kappa shape index (κ1) is 13.3. The molecule has 0 bridgehead atoms. The third-order valence-electron chi connectivity index (χ3n) is 2.98. The number of amides is 1. The van der Waals surface area contributed by atoms with E-state index in [0.29, 0.717) is 16.6 Å². The number of nitrogens with two attached hydrogens (primary N) is 1. The zero-order valence-corrected chi connectivity index (χ0v) is 10.0. The normalized spacial score (nSPS) is 14.2. The fourth-order valence-corrected chi connectivity index (χ4v) is 1.99. The number of aromatic amines is 1. The van der Waals surface area contributed by atoms with Crippen molar-refractivity contribution in [3.05, 3.63) is 35.5 Å². The number of carbonyl (C=O) groups is 2. The molecule has 0 fully saturated rings. The van der Waals surface area contributed by atoms with Crippen molar-refractivity contribution >= 4 is 23.1 Å². The minimum atomic E-state index is -1.25. The van der Waals surface area contributed by atoms with E-state index in [1.54, 1.807) is 24.4 Å². The van der Waals surface area contributed by atoms with Gasteiger partial charge in [0.1, 0.15) is 6.10 Å². The van der Waals surface area contributed by atoms with Crippen LogP contribution >= 0.6 is 0 Å². The molecule has 0 aliphatic rings. The summed E-state index contributed by atoms with van der Waals surface area (Å²) in [5.41, 5.74) is 6.60. The zero-order chi connectivity index (χ0) is 14.0. The number of hydrogen-bond donors (Lipinski definition) is 4. The van der Waals surface area contributed by atoms with Crippen LogP contribution in [0.5, 0.6) is 0 Å². The van der Waals surface area contributed by atoms with Crippen molar-refractivity contribution in [3.8, 4) is 0 Å². The average Bonchev–Trinajstić information content (AvgIpc) is 2.78. The molecule has 0 radical (unpaired) electrons. The van der Waals surface area contributed by atoms with Crippen LogP contribution in [0.1, 0.15) is 28.4 Å². The second-order valence-corrected chi connectivity index (χ2v) is 4.35. The Morgan fingerprint density at radius 2 is 2.16 bits per heavy atom. The second kappa shape index (κ2) is 5.21. The standard InChI is InChI=1S/C13H14N2O4/c14-12(18)4-11(17)13(19)7-1-2-9-8(6-16)5-15-10(9)3-7/h1-3,5-6,11,13,15,17,19H,4H2,(H2,14,18). The van der Waals surface area contributed by atoms with E-state index in [0.717, 1.165) is 11.7 Å². The Labute approximate surface area is 108 Å². The number of aliphatic hydroxyl groups is 2. The van der Waals surface area contributed by atoms with Gasteiger partial charge in [0.15, 0.2) is 6.29 Å². The Kier molecular flexibility index (Phi) is 3.64. The lowest BCUT2D eigenvalue weighted by atomic mass is 10.0. The topological polar surface area (TPSA) is 116 Å². The molecule has 6 nitrogen and oxygen atoms in total. The van der Waals surface area contributed by atoms with E-state index in [9.17, 15) is 19.8 Å². The van der Waals surface area contributed by atoms with Gasteiger partial charge >= 0.3 is 0 Å². The van der Waals surface area contributed by atoms with E-state index in [-0.39, 0.29) is 6.42 Å². The van der Waals surface area contributed by atoms with Crippen LogP contribution in [0, 0.1) is 0 Å². The van der Waals surface area contributed by atoms with Gasteiger partial charge < -0.3 is 20.9 Å². The number of aromatic nitrogens is 1. The van der Waals surface area contributed by atoms with Gasteiger partial charge in [0.05, 0.1) is 12.5 Å². The second-order valence-electron chi connectivity index (χ2n) is 4.35. The lowest BCUT2D eigenvalue weighted by Gasteiger charge is -2.16. The number of rotatable bonds is 5. The summed E-state index contributed by atoms with van der Waals surface area (Å²) >= 11 is 0. The number of aldehydes is 1. The first-order valence-electron chi connectivity index (χ1n) is 5.73. The molecule has 0 saturated heterocycles. The molecule has 1 amide bonds. The molecule has 6 heteroatoms. The maximum absolute atomic E-state index is 10.8. The molecular formula is C13H14N2O4. The Hall–Kier alpha value is -2.18. The summed E-state index contributed by atoms with van der Waals surface area (Å²) in [7, 11) is 0. The average molecular weight is 262 g/mol. The highest BCUT2D eigenvalue weighted by Crippen LogP contribution is 2.24. The number of aliphatic hydroxyl groups excluding tert-OH is 2. The smallest absolute Gasteiger partial charge is 0.220 e. The Morgan fingerprint density at radius 1 is 1.42 bits per heavy atom. The molecule has 19 heavy (non-hydrogen) atoms. The first-order valence-corrected chi connectivity index (χ1v) is 5.73. The quantitative estimate of drug-likeness (QED) is 0.578. The molecule has 0 aliphatic heterocycles. The van der Waals surface area contributed by atoms with Crippen LogP contribution in [0.4, 0.5) is 0 Å². The van der Waals surface area contributed by atoms with Gasteiger partial charge in [-0.1, -0.05) is 12.1 Å². The molecule has 2 rings (SSSR count). The molecule has 5 N–H and O–H groups in total.